The first-order valence-corrected chi connectivity index (χ1v) is 4.99. The number of alkyl halides is 3. The summed E-state index contributed by atoms with van der Waals surface area (Å²) in [6.45, 7) is 0. The van der Waals surface area contributed by atoms with E-state index in [1.807, 2.05) is 0 Å². The van der Waals surface area contributed by atoms with Crippen molar-refractivity contribution in [3.05, 3.63) is 41.0 Å². The molecule has 0 fully saturated rings. The lowest BCUT2D eigenvalue weighted by Gasteiger charge is -2.01. The van der Waals surface area contributed by atoms with E-state index >= 15 is 0 Å². The Morgan fingerprint density at radius 1 is 1.25 bits per heavy atom. The minimum absolute atomic E-state index is 0.446. The molecule has 0 saturated heterocycles. The number of carbonyl (C=O) groups excluding carboxylic acids is 1. The van der Waals surface area contributed by atoms with Gasteiger partial charge in [0.2, 0.25) is 0 Å². The van der Waals surface area contributed by atoms with Gasteiger partial charge in [-0.15, -0.1) is 0 Å². The van der Waals surface area contributed by atoms with Gasteiger partial charge in [0.15, 0.2) is 0 Å². The topological polar surface area (TPSA) is 29.1 Å². The third kappa shape index (κ3) is 4.06. The van der Waals surface area contributed by atoms with Crippen molar-refractivity contribution in [2.24, 2.45) is 0 Å². The van der Waals surface area contributed by atoms with Crippen LogP contribution in [0.5, 0.6) is 0 Å². The van der Waals surface area contributed by atoms with Gasteiger partial charge in [-0.2, -0.15) is 13.2 Å². The quantitative estimate of drug-likeness (QED) is 0.864. The van der Waals surface area contributed by atoms with Crippen molar-refractivity contribution in [1.82, 2.24) is 0 Å². The Hall–Kier alpha value is -1.30. The lowest BCUT2D eigenvalue weighted by atomic mass is 10.3. The Labute approximate surface area is 98.3 Å². The summed E-state index contributed by atoms with van der Waals surface area (Å²) in [6.07, 6.45) is -3.42. The van der Waals surface area contributed by atoms with Crippen LogP contribution in [0.4, 0.5) is 18.9 Å². The molecule has 0 atom stereocenters. The molecule has 0 unspecified atom stereocenters. The number of hydrogen-bond donors (Lipinski definition) is 1. The van der Waals surface area contributed by atoms with E-state index in [0.29, 0.717) is 11.8 Å². The number of ketones is 1. The molecule has 86 valence electrons. The number of allylic oxidation sites excluding steroid dienone is 1. The second-order valence-corrected chi connectivity index (χ2v) is 3.76. The number of nitrogens with one attached hydrogen (secondary N) is 1. The number of anilines is 1. The maximum absolute atomic E-state index is 11.8. The molecule has 0 saturated carbocycles. The summed E-state index contributed by atoms with van der Waals surface area (Å²) < 4.78 is 36.2. The highest BCUT2D eigenvalue weighted by molar-refractivity contribution is 9.10. The van der Waals surface area contributed by atoms with Gasteiger partial charge in [-0.1, -0.05) is 15.9 Å². The molecule has 1 aromatic rings. The number of benzene rings is 1. The molecule has 0 bridgehead atoms. The predicted molar refractivity (Wildman–Crippen MR) is 58.0 cm³/mol. The molecule has 1 aromatic carbocycles. The van der Waals surface area contributed by atoms with Crippen molar-refractivity contribution in [1.29, 1.82) is 0 Å². The summed E-state index contributed by atoms with van der Waals surface area (Å²) in [6, 6.07) is 6.77. The maximum atomic E-state index is 11.8. The fourth-order valence-corrected chi connectivity index (χ4v) is 1.12. The van der Waals surface area contributed by atoms with Gasteiger partial charge in [-0.05, 0) is 24.3 Å². The van der Waals surface area contributed by atoms with Crippen molar-refractivity contribution < 1.29 is 18.0 Å². The van der Waals surface area contributed by atoms with Crippen LogP contribution >= 0.6 is 15.9 Å². The highest BCUT2D eigenvalue weighted by Crippen LogP contribution is 2.17. The molecule has 0 aliphatic carbocycles. The summed E-state index contributed by atoms with van der Waals surface area (Å²) in [4.78, 5) is 10.4. The summed E-state index contributed by atoms with van der Waals surface area (Å²) in [7, 11) is 0. The zero-order valence-corrected chi connectivity index (χ0v) is 9.47. The van der Waals surface area contributed by atoms with Gasteiger partial charge >= 0.3 is 6.18 Å². The third-order valence-corrected chi connectivity index (χ3v) is 2.14. The highest BCUT2D eigenvalue weighted by Gasteiger charge is 2.35. The predicted octanol–water partition coefficient (Wildman–Crippen LogP) is 3.51. The van der Waals surface area contributed by atoms with Crippen LogP contribution in [0.2, 0.25) is 0 Å². The number of rotatable bonds is 3. The standard InChI is InChI=1S/C10H7BrF3NO/c11-7-1-3-8(4-2-7)15-6-5-9(16)10(12,13)14/h1-6,15H/b6-5-. The molecule has 0 aromatic heterocycles. The van der Waals surface area contributed by atoms with Crippen LogP contribution in [0.25, 0.3) is 0 Å². The Balaban J connectivity index is 2.55. The minimum atomic E-state index is -4.82. The fourth-order valence-electron chi connectivity index (χ4n) is 0.854. The van der Waals surface area contributed by atoms with Gasteiger partial charge in [-0.25, -0.2) is 0 Å². The fraction of sp³-hybridized carbons (Fsp3) is 0.100. The zero-order chi connectivity index (χ0) is 12.2. The molecule has 0 spiro atoms. The molecule has 2 nitrogen and oxygen atoms in total. The summed E-state index contributed by atoms with van der Waals surface area (Å²) in [5.41, 5.74) is 0.592. The molecular formula is C10H7BrF3NO. The lowest BCUT2D eigenvalue weighted by molar-refractivity contribution is -0.165. The molecule has 0 radical (unpaired) electrons. The maximum Gasteiger partial charge on any atom is 0.454 e. The molecular weight excluding hydrogens is 287 g/mol. The number of carbonyl (C=O) groups is 1. The van der Waals surface area contributed by atoms with Gasteiger partial charge in [0, 0.05) is 22.4 Å². The molecule has 0 aliphatic rings. The summed E-state index contributed by atoms with van der Waals surface area (Å²) >= 11 is 3.21. The molecule has 0 aliphatic heterocycles. The Morgan fingerprint density at radius 2 is 1.81 bits per heavy atom. The molecule has 1 N–H and O–H groups in total. The zero-order valence-electron chi connectivity index (χ0n) is 7.88. The lowest BCUT2D eigenvalue weighted by Crippen LogP contribution is -2.20. The van der Waals surface area contributed by atoms with Gasteiger partial charge in [0.05, 0.1) is 0 Å². The van der Waals surface area contributed by atoms with Crippen LogP contribution in [-0.2, 0) is 4.79 Å². The van der Waals surface area contributed by atoms with Gasteiger partial charge in [0.25, 0.3) is 5.78 Å². The normalized spacial score (nSPS) is 11.8. The SMILES string of the molecule is O=C(/C=C\Nc1ccc(Br)cc1)C(F)(F)F. The van der Waals surface area contributed by atoms with Crippen molar-refractivity contribution in [3.8, 4) is 0 Å². The molecule has 1 rings (SSSR count). The van der Waals surface area contributed by atoms with E-state index in [4.69, 9.17) is 0 Å². The summed E-state index contributed by atoms with van der Waals surface area (Å²) in [5, 5.41) is 2.55. The first kappa shape index (κ1) is 12.8. The summed E-state index contributed by atoms with van der Waals surface area (Å²) in [5.74, 6) is -1.89. The monoisotopic (exact) mass is 293 g/mol. The Kier molecular flexibility index (Phi) is 4.12. The van der Waals surface area contributed by atoms with Crippen LogP contribution in [0.3, 0.4) is 0 Å². The van der Waals surface area contributed by atoms with Crippen molar-refractivity contribution in [2.75, 3.05) is 5.32 Å². The Morgan fingerprint density at radius 3 is 2.31 bits per heavy atom. The van der Waals surface area contributed by atoms with Crippen LogP contribution < -0.4 is 5.32 Å². The van der Waals surface area contributed by atoms with Gasteiger partial charge in [-0.3, -0.25) is 4.79 Å². The van der Waals surface area contributed by atoms with Crippen LogP contribution in [0.15, 0.2) is 41.0 Å². The number of hydrogen-bond acceptors (Lipinski definition) is 2. The van der Waals surface area contributed by atoms with E-state index in [2.05, 4.69) is 21.2 Å². The van der Waals surface area contributed by atoms with Crippen LogP contribution in [0, 0.1) is 0 Å². The first-order valence-electron chi connectivity index (χ1n) is 4.19. The number of halogens is 4. The van der Waals surface area contributed by atoms with E-state index in [-0.39, 0.29) is 0 Å². The third-order valence-electron chi connectivity index (χ3n) is 1.61. The second-order valence-electron chi connectivity index (χ2n) is 2.85. The van der Waals surface area contributed by atoms with Crippen molar-refractivity contribution >= 4 is 27.4 Å². The molecule has 16 heavy (non-hydrogen) atoms. The van der Waals surface area contributed by atoms with Gasteiger partial charge in [0.1, 0.15) is 0 Å². The average molecular weight is 294 g/mol. The minimum Gasteiger partial charge on any atom is -0.362 e. The van der Waals surface area contributed by atoms with Crippen LogP contribution in [0.1, 0.15) is 0 Å². The molecule has 6 heteroatoms. The van der Waals surface area contributed by atoms with Crippen molar-refractivity contribution in [3.63, 3.8) is 0 Å². The highest BCUT2D eigenvalue weighted by atomic mass is 79.9. The van der Waals surface area contributed by atoms with Crippen molar-refractivity contribution in [2.45, 2.75) is 6.18 Å². The van der Waals surface area contributed by atoms with E-state index < -0.39 is 12.0 Å². The second kappa shape index (κ2) is 5.16. The van der Waals surface area contributed by atoms with E-state index in [9.17, 15) is 18.0 Å². The average Bonchev–Trinajstić information content (AvgIpc) is 2.19. The van der Waals surface area contributed by atoms with E-state index in [1.54, 1.807) is 24.3 Å². The molecule has 0 amide bonds. The van der Waals surface area contributed by atoms with E-state index in [1.165, 1.54) is 0 Å². The smallest absolute Gasteiger partial charge is 0.362 e. The van der Waals surface area contributed by atoms with Gasteiger partial charge < -0.3 is 5.32 Å². The largest absolute Gasteiger partial charge is 0.454 e. The first-order chi connectivity index (χ1) is 7.39. The van der Waals surface area contributed by atoms with Crippen LogP contribution in [-0.4, -0.2) is 12.0 Å². The van der Waals surface area contributed by atoms with E-state index in [0.717, 1.165) is 10.7 Å². The Bertz CT molecular complexity index is 398. The molecule has 0 heterocycles.